The quantitative estimate of drug-likeness (QED) is 0.314. The van der Waals surface area contributed by atoms with Crippen molar-refractivity contribution >= 4 is 50.7 Å². The first-order chi connectivity index (χ1) is 18.7. The Morgan fingerprint density at radius 1 is 0.923 bits per heavy atom. The molecular weight excluding hydrogens is 492 g/mol. The smallest absolute Gasteiger partial charge is 0.325 e. The molecule has 1 atom stereocenters. The Labute approximate surface area is 225 Å². The first-order valence-electron chi connectivity index (χ1n) is 13.5. The lowest BCUT2D eigenvalue weighted by Crippen LogP contribution is -2.42. The number of hydrogen-bond donors (Lipinski definition) is 2. The topological polar surface area (TPSA) is 94.4 Å². The van der Waals surface area contributed by atoms with Gasteiger partial charge >= 0.3 is 5.97 Å². The van der Waals surface area contributed by atoms with Gasteiger partial charge in [-0.05, 0) is 56.4 Å². The number of carbonyl (C=O) groups excluding carboxylic acids is 3. The van der Waals surface area contributed by atoms with Crippen LogP contribution in [0.15, 0.2) is 48.8 Å². The van der Waals surface area contributed by atoms with E-state index in [1.807, 2.05) is 68.1 Å². The molecule has 0 radical (unpaired) electrons. The summed E-state index contributed by atoms with van der Waals surface area (Å²) in [4.78, 5) is 39.5. The molecule has 2 aromatic carbocycles. The number of benzene rings is 2. The number of nitrogens with zero attached hydrogens (tertiary/aromatic N) is 2. The standard InChI is InChI=1S/C31H30N4O4/c1-31(2,3)39-30(38)23-16-35-13-11-21-19(10-9-18(14-32-23)27(21)35)24-25(29(37)33-28(24)36)22-15-34-12-5-7-17-6-4-8-20(22)26(17)34/h4,6,8-11,13,15,23,32H,5,7,12,14,16H2,1-3H3,(H,33,36,37). The summed E-state index contributed by atoms with van der Waals surface area (Å²) in [6.45, 7) is 7.36. The zero-order chi connectivity index (χ0) is 27.1. The van der Waals surface area contributed by atoms with E-state index in [0.29, 0.717) is 29.8 Å². The van der Waals surface area contributed by atoms with E-state index in [9.17, 15) is 14.4 Å². The molecule has 3 aliphatic heterocycles. The van der Waals surface area contributed by atoms with Crippen molar-refractivity contribution in [2.45, 2.75) is 64.9 Å². The minimum atomic E-state index is -0.578. The van der Waals surface area contributed by atoms with Gasteiger partial charge in [-0.2, -0.15) is 0 Å². The zero-order valence-electron chi connectivity index (χ0n) is 22.3. The molecular formula is C31H30N4O4. The van der Waals surface area contributed by atoms with Crippen LogP contribution in [-0.2, 0) is 45.2 Å². The Bertz CT molecular complexity index is 1760. The third-order valence-corrected chi connectivity index (χ3v) is 7.92. The van der Waals surface area contributed by atoms with Crippen LogP contribution in [0, 0.1) is 0 Å². The highest BCUT2D eigenvalue weighted by Gasteiger charge is 2.36. The lowest BCUT2D eigenvalue weighted by molar-refractivity contribution is -0.157. The van der Waals surface area contributed by atoms with Crippen molar-refractivity contribution in [1.82, 2.24) is 19.8 Å². The summed E-state index contributed by atoms with van der Waals surface area (Å²) in [7, 11) is 0. The highest BCUT2D eigenvalue weighted by Crippen LogP contribution is 2.41. The highest BCUT2D eigenvalue weighted by molar-refractivity contribution is 6.50. The molecule has 4 aromatic rings. The molecule has 198 valence electrons. The van der Waals surface area contributed by atoms with Gasteiger partial charge in [-0.1, -0.05) is 30.3 Å². The number of esters is 1. The molecule has 7 rings (SSSR count). The summed E-state index contributed by atoms with van der Waals surface area (Å²) >= 11 is 0. The van der Waals surface area contributed by atoms with Gasteiger partial charge in [0.05, 0.1) is 22.2 Å². The SMILES string of the molecule is CC(C)(C)OC(=O)C1Cn2ccc3c(C4=C(c5cn6c7c(cccc57)CCC6)C(=O)NC4=O)ccc(c32)CN1. The molecule has 0 saturated heterocycles. The van der Waals surface area contributed by atoms with Crippen LogP contribution in [-0.4, -0.2) is 38.6 Å². The molecule has 0 spiro atoms. The van der Waals surface area contributed by atoms with E-state index >= 15 is 0 Å². The maximum absolute atomic E-state index is 13.3. The van der Waals surface area contributed by atoms with E-state index in [4.69, 9.17) is 4.74 Å². The number of ether oxygens (including phenoxy) is 1. The fraction of sp³-hybridized carbons (Fsp3) is 0.323. The predicted molar refractivity (Wildman–Crippen MR) is 149 cm³/mol. The van der Waals surface area contributed by atoms with Gasteiger partial charge in [0, 0.05) is 48.4 Å². The highest BCUT2D eigenvalue weighted by atomic mass is 16.6. The number of amides is 2. The maximum atomic E-state index is 13.3. The van der Waals surface area contributed by atoms with Crippen molar-refractivity contribution in [3.63, 3.8) is 0 Å². The second-order valence-electron chi connectivity index (χ2n) is 11.7. The molecule has 1 unspecified atom stereocenters. The van der Waals surface area contributed by atoms with Gasteiger partial charge < -0.3 is 13.9 Å². The van der Waals surface area contributed by atoms with Crippen LogP contribution in [0.3, 0.4) is 0 Å². The fourth-order valence-electron chi connectivity index (χ4n) is 6.36. The van der Waals surface area contributed by atoms with Gasteiger partial charge in [0.15, 0.2) is 0 Å². The van der Waals surface area contributed by atoms with Crippen LogP contribution in [0.25, 0.3) is 33.0 Å². The molecule has 2 amide bonds. The minimum Gasteiger partial charge on any atom is -0.459 e. The Hall–Kier alpha value is -4.17. The minimum absolute atomic E-state index is 0.295. The van der Waals surface area contributed by atoms with Crippen LogP contribution < -0.4 is 10.6 Å². The van der Waals surface area contributed by atoms with Crippen molar-refractivity contribution < 1.29 is 19.1 Å². The van der Waals surface area contributed by atoms with Gasteiger partial charge in [-0.25, -0.2) is 0 Å². The number of imide groups is 1. The summed E-state index contributed by atoms with van der Waals surface area (Å²) in [5.74, 6) is -1.05. The Morgan fingerprint density at radius 3 is 2.46 bits per heavy atom. The molecule has 2 N–H and O–H groups in total. The number of para-hydroxylation sites is 1. The molecule has 0 saturated carbocycles. The molecule has 0 aliphatic carbocycles. The van der Waals surface area contributed by atoms with Crippen LogP contribution in [0.2, 0.25) is 0 Å². The third kappa shape index (κ3) is 3.73. The molecule has 39 heavy (non-hydrogen) atoms. The van der Waals surface area contributed by atoms with E-state index in [-0.39, 0.29) is 17.8 Å². The monoisotopic (exact) mass is 522 g/mol. The lowest BCUT2D eigenvalue weighted by Gasteiger charge is -2.24. The third-order valence-electron chi connectivity index (χ3n) is 7.92. The zero-order valence-corrected chi connectivity index (χ0v) is 22.3. The lowest BCUT2D eigenvalue weighted by atomic mass is 9.92. The average Bonchev–Trinajstić information content (AvgIpc) is 3.51. The normalized spacial score (nSPS) is 19.1. The largest absolute Gasteiger partial charge is 0.459 e. The summed E-state index contributed by atoms with van der Waals surface area (Å²) in [6.07, 6.45) is 6.02. The van der Waals surface area contributed by atoms with E-state index in [1.54, 1.807) is 0 Å². The van der Waals surface area contributed by atoms with Crippen LogP contribution >= 0.6 is 0 Å². The van der Waals surface area contributed by atoms with Crippen molar-refractivity contribution in [3.05, 3.63) is 71.0 Å². The number of hydrogen-bond acceptors (Lipinski definition) is 5. The Kier molecular flexibility index (Phi) is 5.16. The predicted octanol–water partition coefficient (Wildman–Crippen LogP) is 3.92. The molecule has 5 heterocycles. The van der Waals surface area contributed by atoms with Crippen LogP contribution in [0.5, 0.6) is 0 Å². The molecule has 0 fully saturated rings. The van der Waals surface area contributed by atoms with Gasteiger partial charge in [0.2, 0.25) is 0 Å². The first kappa shape index (κ1) is 23.9. The second kappa shape index (κ2) is 8.41. The van der Waals surface area contributed by atoms with Crippen molar-refractivity contribution in [2.24, 2.45) is 0 Å². The van der Waals surface area contributed by atoms with E-state index in [2.05, 4.69) is 21.3 Å². The van der Waals surface area contributed by atoms with Gasteiger partial charge in [0.1, 0.15) is 11.6 Å². The van der Waals surface area contributed by atoms with E-state index in [0.717, 1.165) is 52.3 Å². The van der Waals surface area contributed by atoms with Gasteiger partial charge in [0.25, 0.3) is 11.8 Å². The molecule has 8 heteroatoms. The summed E-state index contributed by atoms with van der Waals surface area (Å²) in [5.41, 5.74) is 6.13. The van der Waals surface area contributed by atoms with Crippen molar-refractivity contribution in [1.29, 1.82) is 0 Å². The van der Waals surface area contributed by atoms with Crippen LogP contribution in [0.1, 0.15) is 49.4 Å². The molecule has 8 nitrogen and oxygen atoms in total. The number of rotatable bonds is 3. The van der Waals surface area contributed by atoms with Crippen molar-refractivity contribution in [2.75, 3.05) is 0 Å². The molecule has 2 aromatic heterocycles. The number of nitrogens with one attached hydrogen (secondary N) is 2. The number of aryl methyl sites for hydroxylation is 2. The summed E-state index contributed by atoms with van der Waals surface area (Å²) < 4.78 is 9.90. The molecule has 3 aliphatic rings. The summed E-state index contributed by atoms with van der Waals surface area (Å²) in [5, 5.41) is 7.78. The van der Waals surface area contributed by atoms with E-state index in [1.165, 1.54) is 5.56 Å². The van der Waals surface area contributed by atoms with Crippen molar-refractivity contribution in [3.8, 4) is 0 Å². The maximum Gasteiger partial charge on any atom is 0.325 e. The number of carbonyl (C=O) groups is 3. The van der Waals surface area contributed by atoms with Gasteiger partial charge in [-0.15, -0.1) is 0 Å². The second-order valence-corrected chi connectivity index (χ2v) is 11.7. The van der Waals surface area contributed by atoms with Gasteiger partial charge in [-0.3, -0.25) is 25.0 Å². The average molecular weight is 523 g/mol. The summed E-state index contributed by atoms with van der Waals surface area (Å²) in [6, 6.07) is 11.6. The molecule has 0 bridgehead atoms. The number of aromatic nitrogens is 2. The Morgan fingerprint density at radius 2 is 1.67 bits per heavy atom. The Balaban J connectivity index is 1.38. The van der Waals surface area contributed by atoms with E-state index < -0.39 is 11.6 Å². The fourth-order valence-corrected chi connectivity index (χ4v) is 6.36. The first-order valence-corrected chi connectivity index (χ1v) is 13.5. The van der Waals surface area contributed by atoms with Crippen LogP contribution in [0.4, 0.5) is 0 Å².